The highest BCUT2D eigenvalue weighted by molar-refractivity contribution is 7.99. The van der Waals surface area contributed by atoms with E-state index in [1.165, 1.54) is 11.8 Å². The molecule has 5 rings (SSSR count). The third-order valence-corrected chi connectivity index (χ3v) is 7.04. The zero-order chi connectivity index (χ0) is 27.2. The van der Waals surface area contributed by atoms with Crippen LogP contribution in [0.4, 0.5) is 17.3 Å². The summed E-state index contributed by atoms with van der Waals surface area (Å²) in [4.78, 5) is 20.1. The van der Waals surface area contributed by atoms with Crippen LogP contribution in [0.2, 0.25) is 0 Å². The normalized spacial score (nSPS) is 17.6. The number of amides is 1. The number of aromatic amines is 1. The number of methoxy groups -OCH3 is 1. The van der Waals surface area contributed by atoms with E-state index in [1.807, 2.05) is 60.5 Å². The lowest BCUT2D eigenvalue weighted by Crippen LogP contribution is -2.32. The first kappa shape index (κ1) is 27.1. The second-order valence-electron chi connectivity index (χ2n) is 9.33. The Labute approximate surface area is 230 Å². The van der Waals surface area contributed by atoms with Gasteiger partial charge in [0.15, 0.2) is 11.6 Å². The second kappa shape index (κ2) is 12.6. The predicted octanol–water partition coefficient (Wildman–Crippen LogP) is 2.69. The van der Waals surface area contributed by atoms with E-state index in [-0.39, 0.29) is 18.6 Å². The Balaban J connectivity index is 1.15. The molecular formula is C26H32N8O4S. The molecule has 0 radical (unpaired) electrons. The minimum absolute atomic E-state index is 0.145. The summed E-state index contributed by atoms with van der Waals surface area (Å²) >= 11 is 1.42. The molecule has 1 aliphatic rings. The lowest BCUT2D eigenvalue weighted by molar-refractivity contribution is -0.117. The molecule has 12 nitrogen and oxygen atoms in total. The number of benzene rings is 1. The second-order valence-corrected chi connectivity index (χ2v) is 10.4. The highest BCUT2D eigenvalue weighted by Crippen LogP contribution is 2.29. The van der Waals surface area contributed by atoms with E-state index in [1.54, 1.807) is 11.6 Å². The first-order chi connectivity index (χ1) is 19.0. The van der Waals surface area contributed by atoms with Gasteiger partial charge in [-0.25, -0.2) is 9.50 Å². The number of aromatic nitrogens is 5. The van der Waals surface area contributed by atoms with Crippen LogP contribution in [0.15, 0.2) is 58.7 Å². The van der Waals surface area contributed by atoms with E-state index in [9.17, 15) is 9.90 Å². The summed E-state index contributed by atoms with van der Waals surface area (Å²) in [7, 11) is 1.65. The molecule has 39 heavy (non-hydrogen) atoms. The van der Waals surface area contributed by atoms with Crippen LogP contribution < -0.4 is 10.6 Å². The SMILES string of the molecule is COCCCO[C@H]1CN(CC(=O)Nc2ccc(Sc3nc(Nc4cc(C)[nH]n4)c4cccn4n3)cc2)C[C@@H]1O. The number of aliphatic hydroxyl groups is 1. The average molecular weight is 553 g/mol. The van der Waals surface area contributed by atoms with Crippen molar-refractivity contribution in [1.29, 1.82) is 0 Å². The number of carbonyl (C=O) groups excluding carboxylic acids is 1. The van der Waals surface area contributed by atoms with Gasteiger partial charge in [0.1, 0.15) is 5.52 Å². The molecule has 4 aromatic rings. The lowest BCUT2D eigenvalue weighted by atomic mass is 10.2. The Morgan fingerprint density at radius 3 is 2.85 bits per heavy atom. The van der Waals surface area contributed by atoms with Gasteiger partial charge in [0.05, 0.1) is 18.8 Å². The van der Waals surface area contributed by atoms with Crippen molar-refractivity contribution in [3.63, 3.8) is 0 Å². The van der Waals surface area contributed by atoms with Crippen molar-refractivity contribution < 1.29 is 19.4 Å². The number of aliphatic hydroxyl groups excluding tert-OH is 1. The van der Waals surface area contributed by atoms with Crippen LogP contribution in [0.25, 0.3) is 5.52 Å². The Morgan fingerprint density at radius 1 is 1.23 bits per heavy atom. The summed E-state index contributed by atoms with van der Waals surface area (Å²) in [6, 6.07) is 13.3. The highest BCUT2D eigenvalue weighted by Gasteiger charge is 2.32. The van der Waals surface area contributed by atoms with Crippen molar-refractivity contribution in [2.45, 2.75) is 35.6 Å². The molecule has 0 saturated carbocycles. The molecule has 206 valence electrons. The Hall–Kier alpha value is -3.49. The molecule has 3 aromatic heterocycles. The minimum Gasteiger partial charge on any atom is -0.389 e. The predicted molar refractivity (Wildman–Crippen MR) is 147 cm³/mol. The van der Waals surface area contributed by atoms with Crippen molar-refractivity contribution in [3.05, 3.63) is 54.4 Å². The van der Waals surface area contributed by atoms with Gasteiger partial charge in [-0.1, -0.05) is 0 Å². The van der Waals surface area contributed by atoms with Crippen molar-refractivity contribution >= 4 is 40.5 Å². The number of H-pyrrole nitrogens is 1. The molecule has 0 aliphatic carbocycles. The molecule has 0 bridgehead atoms. The van der Waals surface area contributed by atoms with Crippen molar-refractivity contribution in [2.75, 3.05) is 50.6 Å². The molecule has 0 spiro atoms. The smallest absolute Gasteiger partial charge is 0.238 e. The van der Waals surface area contributed by atoms with E-state index < -0.39 is 6.10 Å². The number of β-amino-alcohol motifs (C(OH)–C–C–N with tert-alkyl or cyclic N) is 1. The summed E-state index contributed by atoms with van der Waals surface area (Å²) in [5, 5.41) is 28.7. The molecule has 1 saturated heterocycles. The lowest BCUT2D eigenvalue weighted by Gasteiger charge is -2.16. The molecule has 1 aliphatic heterocycles. The Bertz CT molecular complexity index is 1390. The molecule has 1 aromatic carbocycles. The van der Waals surface area contributed by atoms with Crippen LogP contribution >= 0.6 is 11.8 Å². The number of ether oxygens (including phenoxy) is 2. The monoisotopic (exact) mass is 552 g/mol. The van der Waals surface area contributed by atoms with Crippen molar-refractivity contribution in [2.24, 2.45) is 0 Å². The molecule has 0 unspecified atom stereocenters. The number of rotatable bonds is 12. The molecule has 2 atom stereocenters. The Morgan fingerprint density at radius 2 is 2.08 bits per heavy atom. The van der Waals surface area contributed by atoms with Crippen LogP contribution in [-0.2, 0) is 14.3 Å². The maximum absolute atomic E-state index is 12.6. The van der Waals surface area contributed by atoms with Crippen LogP contribution in [0.3, 0.4) is 0 Å². The molecule has 1 amide bonds. The van der Waals surface area contributed by atoms with Gasteiger partial charge in [0.25, 0.3) is 0 Å². The van der Waals surface area contributed by atoms with Gasteiger partial charge in [-0.15, -0.1) is 5.10 Å². The van der Waals surface area contributed by atoms with E-state index >= 15 is 0 Å². The van der Waals surface area contributed by atoms with Crippen LogP contribution in [0.5, 0.6) is 0 Å². The number of nitrogens with one attached hydrogen (secondary N) is 3. The fraction of sp³-hybridized carbons (Fsp3) is 0.385. The molecule has 4 heterocycles. The van der Waals surface area contributed by atoms with E-state index in [0.717, 1.165) is 22.5 Å². The van der Waals surface area contributed by atoms with Gasteiger partial charge < -0.3 is 25.2 Å². The summed E-state index contributed by atoms with van der Waals surface area (Å²) in [5.74, 6) is 1.19. The highest BCUT2D eigenvalue weighted by atomic mass is 32.2. The van der Waals surface area contributed by atoms with Crippen LogP contribution in [0, 0.1) is 6.92 Å². The Kier molecular flexibility index (Phi) is 8.74. The van der Waals surface area contributed by atoms with Crippen molar-refractivity contribution in [3.8, 4) is 0 Å². The number of likely N-dealkylation sites (tertiary alicyclic amines) is 1. The fourth-order valence-corrected chi connectivity index (χ4v) is 5.08. The maximum atomic E-state index is 12.6. The number of hydrogen-bond donors (Lipinski definition) is 4. The first-order valence-corrected chi connectivity index (χ1v) is 13.5. The van der Waals surface area contributed by atoms with Crippen LogP contribution in [-0.4, -0.2) is 92.9 Å². The topological polar surface area (TPSA) is 142 Å². The molecule has 1 fully saturated rings. The molecule has 4 N–H and O–H groups in total. The number of fused-ring (bicyclic) bond motifs is 1. The fourth-order valence-electron chi connectivity index (χ4n) is 4.33. The van der Waals surface area contributed by atoms with Gasteiger partial charge >= 0.3 is 0 Å². The van der Waals surface area contributed by atoms with Crippen LogP contribution in [0.1, 0.15) is 12.1 Å². The van der Waals surface area contributed by atoms with Gasteiger partial charge in [-0.05, 0) is 61.5 Å². The zero-order valence-corrected chi connectivity index (χ0v) is 22.6. The quantitative estimate of drug-likeness (QED) is 0.194. The molecular weight excluding hydrogens is 520 g/mol. The summed E-state index contributed by atoms with van der Waals surface area (Å²) in [6.45, 7) is 4.17. The van der Waals surface area contributed by atoms with Gasteiger partial charge in [-0.2, -0.15) is 5.10 Å². The third kappa shape index (κ3) is 7.13. The van der Waals surface area contributed by atoms with Crippen molar-refractivity contribution in [1.82, 2.24) is 29.7 Å². The number of hydrogen-bond acceptors (Lipinski definition) is 10. The zero-order valence-electron chi connectivity index (χ0n) is 21.8. The third-order valence-electron chi connectivity index (χ3n) is 6.18. The molecule has 13 heteroatoms. The summed E-state index contributed by atoms with van der Waals surface area (Å²) in [6.07, 6.45) is 1.74. The number of aryl methyl sites for hydroxylation is 1. The first-order valence-electron chi connectivity index (χ1n) is 12.7. The largest absolute Gasteiger partial charge is 0.389 e. The number of carbonyl (C=O) groups is 1. The summed E-state index contributed by atoms with van der Waals surface area (Å²) in [5.41, 5.74) is 2.48. The van der Waals surface area contributed by atoms with E-state index in [0.29, 0.717) is 48.8 Å². The van der Waals surface area contributed by atoms with E-state index in [4.69, 9.17) is 14.5 Å². The minimum atomic E-state index is -0.608. The van der Waals surface area contributed by atoms with Gasteiger partial charge in [0, 0.05) is 62.0 Å². The summed E-state index contributed by atoms with van der Waals surface area (Å²) < 4.78 is 12.5. The maximum Gasteiger partial charge on any atom is 0.238 e. The van der Waals surface area contributed by atoms with Gasteiger partial charge in [0.2, 0.25) is 11.1 Å². The number of nitrogens with zero attached hydrogens (tertiary/aromatic N) is 5. The average Bonchev–Trinajstić information content (AvgIpc) is 3.63. The number of anilines is 3. The van der Waals surface area contributed by atoms with E-state index in [2.05, 4.69) is 25.9 Å². The van der Waals surface area contributed by atoms with Gasteiger partial charge in [-0.3, -0.25) is 14.8 Å². The standard InChI is InChI=1S/C26H32N8O4S/c1-17-13-23(31-30-17)28-25-20-5-3-10-34(20)32-26(29-25)39-19-8-6-18(7-9-19)27-24(36)16-33-14-21(35)22(15-33)38-12-4-11-37-2/h3,5-10,13,21-22,35H,4,11-12,14-16H2,1-2H3,(H,27,36)(H2,28,29,30,31,32)/t21-,22-/m0/s1.